The number of benzene rings is 1. The Morgan fingerprint density at radius 2 is 1.87 bits per heavy atom. The number of carbonyl (C=O) groups excluding carboxylic acids is 1. The van der Waals surface area contributed by atoms with Gasteiger partial charge in [0.1, 0.15) is 10.6 Å². The molecule has 0 radical (unpaired) electrons. The maximum absolute atomic E-state index is 12.3. The zero-order chi connectivity index (χ0) is 16.6. The molecule has 0 aliphatic rings. The van der Waals surface area contributed by atoms with Crippen LogP contribution in [0.15, 0.2) is 29.1 Å². The molecule has 1 aromatic carbocycles. The molecule has 3 aromatic rings. The lowest BCUT2D eigenvalue weighted by Gasteiger charge is -2.04. The summed E-state index contributed by atoms with van der Waals surface area (Å²) in [5, 5.41) is 3.65. The molecule has 2 aromatic heterocycles. The summed E-state index contributed by atoms with van der Waals surface area (Å²) in [6, 6.07) is 6.74. The minimum absolute atomic E-state index is 0.0816. The number of methoxy groups -OCH3 is 1. The molecular formula is C16H14N2O3S2. The summed E-state index contributed by atoms with van der Waals surface area (Å²) in [4.78, 5) is 30.6. The van der Waals surface area contributed by atoms with Gasteiger partial charge < -0.3 is 4.74 Å². The highest BCUT2D eigenvalue weighted by molar-refractivity contribution is 7.20. The van der Waals surface area contributed by atoms with Crippen molar-refractivity contribution in [3.8, 4) is 5.75 Å². The first-order valence-corrected chi connectivity index (χ1v) is 8.49. The second-order valence-electron chi connectivity index (χ2n) is 4.95. The highest BCUT2D eigenvalue weighted by atomic mass is 32.1. The number of fused-ring (bicyclic) bond motifs is 1. The van der Waals surface area contributed by atoms with Gasteiger partial charge in [-0.15, -0.1) is 11.3 Å². The molecule has 0 aliphatic carbocycles. The van der Waals surface area contributed by atoms with Gasteiger partial charge in [0, 0.05) is 10.4 Å². The molecule has 0 spiro atoms. The highest BCUT2D eigenvalue weighted by Gasteiger charge is 2.14. The molecule has 0 aliphatic heterocycles. The fourth-order valence-corrected chi connectivity index (χ4v) is 4.11. The first-order chi connectivity index (χ1) is 11.0. The Labute approximate surface area is 140 Å². The SMILES string of the molecule is COc1ccc(C(=O)Nc2nc3sc(C)c(C)c3c(=O)s2)cc1. The molecule has 23 heavy (non-hydrogen) atoms. The van der Waals surface area contributed by atoms with Crippen LogP contribution >= 0.6 is 22.7 Å². The van der Waals surface area contributed by atoms with E-state index in [0.29, 0.717) is 26.7 Å². The van der Waals surface area contributed by atoms with Crippen molar-refractivity contribution in [3.05, 3.63) is 49.8 Å². The molecule has 3 rings (SSSR count). The third-order valence-electron chi connectivity index (χ3n) is 3.54. The summed E-state index contributed by atoms with van der Waals surface area (Å²) in [5.41, 5.74) is 1.44. The monoisotopic (exact) mass is 346 g/mol. The van der Waals surface area contributed by atoms with Crippen LogP contribution in [0.4, 0.5) is 5.13 Å². The van der Waals surface area contributed by atoms with Gasteiger partial charge >= 0.3 is 0 Å². The lowest BCUT2D eigenvalue weighted by atomic mass is 10.2. The van der Waals surface area contributed by atoms with Crippen LogP contribution in [0.1, 0.15) is 20.8 Å². The lowest BCUT2D eigenvalue weighted by molar-refractivity contribution is 0.102. The Kier molecular flexibility index (Phi) is 4.14. The number of nitrogens with one attached hydrogen (secondary N) is 1. The van der Waals surface area contributed by atoms with Crippen LogP contribution in [0.3, 0.4) is 0 Å². The Morgan fingerprint density at radius 1 is 1.17 bits per heavy atom. The van der Waals surface area contributed by atoms with Gasteiger partial charge in [-0.25, -0.2) is 4.98 Å². The van der Waals surface area contributed by atoms with Crippen molar-refractivity contribution in [2.45, 2.75) is 13.8 Å². The van der Waals surface area contributed by atoms with Gasteiger partial charge in [-0.2, -0.15) is 0 Å². The van der Waals surface area contributed by atoms with Crippen molar-refractivity contribution in [1.82, 2.24) is 4.98 Å². The van der Waals surface area contributed by atoms with Gasteiger partial charge in [0.15, 0.2) is 5.13 Å². The summed E-state index contributed by atoms with van der Waals surface area (Å²) in [6.45, 7) is 3.88. The minimum atomic E-state index is -0.305. The molecule has 5 nitrogen and oxygen atoms in total. The Hall–Kier alpha value is -2.25. The first kappa shape index (κ1) is 15.6. The summed E-state index contributed by atoms with van der Waals surface area (Å²) in [7, 11) is 1.57. The van der Waals surface area contributed by atoms with E-state index in [1.54, 1.807) is 31.4 Å². The van der Waals surface area contributed by atoms with Crippen molar-refractivity contribution in [2.24, 2.45) is 0 Å². The van der Waals surface area contributed by atoms with E-state index in [9.17, 15) is 9.59 Å². The minimum Gasteiger partial charge on any atom is -0.497 e. The van der Waals surface area contributed by atoms with Crippen molar-refractivity contribution in [3.63, 3.8) is 0 Å². The normalized spacial score (nSPS) is 10.7. The number of hydrogen-bond acceptors (Lipinski definition) is 6. The predicted molar refractivity (Wildman–Crippen MR) is 94.2 cm³/mol. The fraction of sp³-hybridized carbons (Fsp3) is 0.188. The Balaban J connectivity index is 1.91. The molecule has 0 saturated heterocycles. The van der Waals surface area contributed by atoms with Gasteiger partial charge in [-0.3, -0.25) is 14.9 Å². The number of nitrogens with zero attached hydrogens (tertiary/aromatic N) is 1. The van der Waals surface area contributed by atoms with E-state index in [-0.39, 0.29) is 10.6 Å². The molecule has 0 atom stereocenters. The van der Waals surface area contributed by atoms with Gasteiger partial charge in [0.25, 0.3) is 5.91 Å². The standard InChI is InChI=1S/C16H14N2O3S2/c1-8-9(2)22-14-12(8)15(20)23-16(18-14)17-13(19)10-4-6-11(21-3)7-5-10/h4-7H,1-3H3,(H,17,18,19). The highest BCUT2D eigenvalue weighted by Crippen LogP contribution is 2.28. The third kappa shape index (κ3) is 2.97. The number of carbonyl (C=O) groups is 1. The summed E-state index contributed by atoms with van der Waals surface area (Å²) in [5.74, 6) is 0.371. The van der Waals surface area contributed by atoms with E-state index in [2.05, 4.69) is 10.3 Å². The van der Waals surface area contributed by atoms with E-state index in [1.807, 2.05) is 13.8 Å². The molecular weight excluding hydrogens is 332 g/mol. The fourth-order valence-electron chi connectivity index (χ4n) is 2.15. The van der Waals surface area contributed by atoms with Crippen LogP contribution in [-0.4, -0.2) is 18.0 Å². The molecule has 2 heterocycles. The van der Waals surface area contributed by atoms with Crippen LogP contribution in [0.5, 0.6) is 5.75 Å². The smallest absolute Gasteiger partial charge is 0.257 e. The zero-order valence-corrected chi connectivity index (χ0v) is 14.4. The number of aryl methyl sites for hydroxylation is 2. The van der Waals surface area contributed by atoms with E-state index < -0.39 is 0 Å². The molecule has 1 amide bonds. The van der Waals surface area contributed by atoms with Crippen molar-refractivity contribution in [1.29, 1.82) is 0 Å². The maximum atomic E-state index is 12.3. The van der Waals surface area contributed by atoms with Crippen molar-refractivity contribution >= 4 is 43.9 Å². The quantitative estimate of drug-likeness (QED) is 0.787. The number of hydrogen-bond donors (Lipinski definition) is 1. The number of amides is 1. The van der Waals surface area contributed by atoms with Gasteiger partial charge in [-0.05, 0) is 43.7 Å². The number of aromatic nitrogens is 1. The molecule has 0 unspecified atom stereocenters. The Bertz CT molecular complexity index is 942. The van der Waals surface area contributed by atoms with Crippen LogP contribution in [0, 0.1) is 13.8 Å². The molecule has 0 bridgehead atoms. The molecule has 1 N–H and O–H groups in total. The number of rotatable bonds is 3. The molecule has 0 fully saturated rings. The van der Waals surface area contributed by atoms with Gasteiger partial charge in [0.2, 0.25) is 4.74 Å². The zero-order valence-electron chi connectivity index (χ0n) is 12.8. The lowest BCUT2D eigenvalue weighted by Crippen LogP contribution is -2.13. The maximum Gasteiger partial charge on any atom is 0.257 e. The molecule has 7 heteroatoms. The average Bonchev–Trinajstić information content (AvgIpc) is 2.82. The van der Waals surface area contributed by atoms with Crippen molar-refractivity contribution < 1.29 is 9.53 Å². The first-order valence-electron chi connectivity index (χ1n) is 6.86. The number of anilines is 1. The van der Waals surface area contributed by atoms with Gasteiger partial charge in [-0.1, -0.05) is 11.3 Å². The topological polar surface area (TPSA) is 68.3 Å². The molecule has 118 valence electrons. The van der Waals surface area contributed by atoms with Gasteiger partial charge in [0.05, 0.1) is 12.5 Å². The van der Waals surface area contributed by atoms with Crippen LogP contribution < -0.4 is 14.8 Å². The van der Waals surface area contributed by atoms with Crippen LogP contribution in [0.25, 0.3) is 10.2 Å². The Morgan fingerprint density at radius 3 is 2.52 bits per heavy atom. The second-order valence-corrected chi connectivity index (χ2v) is 7.12. The second kappa shape index (κ2) is 6.10. The van der Waals surface area contributed by atoms with E-state index in [0.717, 1.165) is 21.8 Å². The number of thiophene rings is 1. The average molecular weight is 346 g/mol. The van der Waals surface area contributed by atoms with E-state index in [1.165, 1.54) is 11.3 Å². The summed E-state index contributed by atoms with van der Waals surface area (Å²) in [6.07, 6.45) is 0. The third-order valence-corrected chi connectivity index (χ3v) is 5.41. The largest absolute Gasteiger partial charge is 0.497 e. The number of ether oxygens (including phenoxy) is 1. The van der Waals surface area contributed by atoms with Crippen LogP contribution in [0.2, 0.25) is 0 Å². The van der Waals surface area contributed by atoms with Crippen LogP contribution in [-0.2, 0) is 0 Å². The van der Waals surface area contributed by atoms with E-state index in [4.69, 9.17) is 4.74 Å². The molecule has 0 saturated carbocycles. The predicted octanol–water partition coefficient (Wildman–Crippen LogP) is 3.60. The van der Waals surface area contributed by atoms with E-state index >= 15 is 0 Å². The summed E-state index contributed by atoms with van der Waals surface area (Å²) >= 11 is 2.41. The van der Waals surface area contributed by atoms with Crippen molar-refractivity contribution in [2.75, 3.05) is 12.4 Å². The summed E-state index contributed by atoms with van der Waals surface area (Å²) < 4.78 is 4.98.